The first-order valence-electron chi connectivity index (χ1n) is 9.94. The van der Waals surface area contributed by atoms with E-state index in [9.17, 15) is 10.1 Å². The van der Waals surface area contributed by atoms with Crippen molar-refractivity contribution in [2.75, 3.05) is 0 Å². The summed E-state index contributed by atoms with van der Waals surface area (Å²) < 4.78 is 0. The minimum absolute atomic E-state index is 0.0429. The fourth-order valence-electron chi connectivity index (χ4n) is 4.55. The van der Waals surface area contributed by atoms with Crippen molar-refractivity contribution in [2.24, 2.45) is 0 Å². The first kappa shape index (κ1) is 17.6. The van der Waals surface area contributed by atoms with Crippen molar-refractivity contribution in [3.63, 3.8) is 0 Å². The predicted octanol–water partition coefficient (Wildman–Crippen LogP) is 5.94. The first-order valence-corrected chi connectivity index (χ1v) is 9.94. The number of H-pyrrole nitrogens is 2. The topological polar surface area (TPSA) is 100 Å². The SMILES string of the molecule is Cc1c2ccncc2c(C)c2c1[nH]c1ccc(-c3nc4ccc([N+](=O)[O-])cc4[nH]3)cc12. The van der Waals surface area contributed by atoms with E-state index in [1.807, 2.05) is 18.5 Å². The molecule has 0 saturated heterocycles. The molecule has 2 N–H and O–H groups in total. The molecule has 0 aliphatic rings. The molecule has 6 rings (SSSR count). The fourth-order valence-corrected chi connectivity index (χ4v) is 4.55. The van der Waals surface area contributed by atoms with Crippen LogP contribution in [0.4, 0.5) is 5.69 Å². The number of nitro groups is 1. The molecule has 3 heterocycles. The highest BCUT2D eigenvalue weighted by molar-refractivity contribution is 6.16. The average Bonchev–Trinajstić information content (AvgIpc) is 3.38. The molecule has 6 aromatic rings. The molecule has 3 aromatic heterocycles. The lowest BCUT2D eigenvalue weighted by Crippen LogP contribution is -1.87. The molecular weight excluding hydrogens is 390 g/mol. The van der Waals surface area contributed by atoms with Gasteiger partial charge in [-0.05, 0) is 60.7 Å². The zero-order chi connectivity index (χ0) is 21.3. The van der Waals surface area contributed by atoms with Gasteiger partial charge in [-0.15, -0.1) is 0 Å². The summed E-state index contributed by atoms with van der Waals surface area (Å²) in [4.78, 5) is 26.5. The summed E-state index contributed by atoms with van der Waals surface area (Å²) in [5.41, 5.74) is 6.88. The summed E-state index contributed by atoms with van der Waals surface area (Å²) in [7, 11) is 0. The normalized spacial score (nSPS) is 11.8. The number of hydrogen-bond donors (Lipinski definition) is 2. The van der Waals surface area contributed by atoms with Crippen molar-refractivity contribution in [1.82, 2.24) is 19.9 Å². The Kier molecular flexibility index (Phi) is 3.47. The number of nitro benzene ring substituents is 1. The Balaban J connectivity index is 1.61. The second-order valence-electron chi connectivity index (χ2n) is 7.85. The fraction of sp³-hybridized carbons (Fsp3) is 0.0833. The lowest BCUT2D eigenvalue weighted by Gasteiger charge is -2.08. The minimum Gasteiger partial charge on any atom is -0.354 e. The Morgan fingerprint density at radius 3 is 2.61 bits per heavy atom. The number of pyridine rings is 1. The van der Waals surface area contributed by atoms with Gasteiger partial charge in [-0.3, -0.25) is 15.1 Å². The zero-order valence-corrected chi connectivity index (χ0v) is 16.9. The van der Waals surface area contributed by atoms with Gasteiger partial charge in [0.1, 0.15) is 5.82 Å². The third-order valence-electron chi connectivity index (χ3n) is 6.13. The number of fused-ring (bicyclic) bond motifs is 5. The van der Waals surface area contributed by atoms with Crippen molar-refractivity contribution in [1.29, 1.82) is 0 Å². The number of aromatic amines is 2. The summed E-state index contributed by atoms with van der Waals surface area (Å²) >= 11 is 0. The standard InChI is InChI=1S/C24H17N5O2/c1-12-18-11-25-8-7-16(18)13(2)23-22(12)17-9-14(3-5-19(17)26-23)24-27-20-6-4-15(29(30)31)10-21(20)28-24/h3-11,26H,1-2H3,(H,27,28). The Hall–Kier alpha value is -4.26. The monoisotopic (exact) mass is 407 g/mol. The van der Waals surface area contributed by atoms with Crippen LogP contribution in [0.1, 0.15) is 11.1 Å². The van der Waals surface area contributed by atoms with Crippen LogP contribution in [0.25, 0.3) is 55.0 Å². The van der Waals surface area contributed by atoms with Crippen LogP contribution in [0.5, 0.6) is 0 Å². The predicted molar refractivity (Wildman–Crippen MR) is 122 cm³/mol. The zero-order valence-electron chi connectivity index (χ0n) is 16.9. The van der Waals surface area contributed by atoms with Gasteiger partial charge in [0.15, 0.2) is 0 Å². The van der Waals surface area contributed by atoms with Gasteiger partial charge in [-0.1, -0.05) is 0 Å². The largest absolute Gasteiger partial charge is 0.354 e. The lowest BCUT2D eigenvalue weighted by atomic mass is 9.96. The molecule has 0 unspecified atom stereocenters. The third-order valence-corrected chi connectivity index (χ3v) is 6.13. The molecule has 0 fully saturated rings. The molecule has 150 valence electrons. The molecule has 0 amide bonds. The molecule has 0 aliphatic heterocycles. The Morgan fingerprint density at radius 1 is 0.903 bits per heavy atom. The molecule has 0 bridgehead atoms. The summed E-state index contributed by atoms with van der Waals surface area (Å²) in [5.74, 6) is 0.684. The van der Waals surface area contributed by atoms with E-state index in [4.69, 9.17) is 0 Å². The van der Waals surface area contributed by atoms with Crippen molar-refractivity contribution >= 4 is 49.3 Å². The van der Waals surface area contributed by atoms with Gasteiger partial charge in [-0.25, -0.2) is 4.98 Å². The van der Waals surface area contributed by atoms with E-state index in [0.717, 1.165) is 27.4 Å². The molecule has 0 aliphatic carbocycles. The number of rotatable bonds is 2. The summed E-state index contributed by atoms with van der Waals surface area (Å²) in [5, 5.41) is 15.7. The van der Waals surface area contributed by atoms with Gasteiger partial charge in [0, 0.05) is 51.8 Å². The van der Waals surface area contributed by atoms with Crippen molar-refractivity contribution < 1.29 is 4.92 Å². The van der Waals surface area contributed by atoms with E-state index >= 15 is 0 Å². The lowest BCUT2D eigenvalue weighted by molar-refractivity contribution is -0.384. The molecule has 0 radical (unpaired) electrons. The molecule has 0 spiro atoms. The maximum atomic E-state index is 11.1. The Labute approximate surface area is 175 Å². The number of imidazole rings is 1. The summed E-state index contributed by atoms with van der Waals surface area (Å²) in [6.45, 7) is 4.26. The number of hydrogen-bond acceptors (Lipinski definition) is 4. The van der Waals surface area contributed by atoms with Crippen LogP contribution < -0.4 is 0 Å². The second-order valence-corrected chi connectivity index (χ2v) is 7.85. The van der Waals surface area contributed by atoms with E-state index < -0.39 is 4.92 Å². The minimum atomic E-state index is -0.401. The first-order chi connectivity index (χ1) is 15.0. The van der Waals surface area contributed by atoms with Crippen LogP contribution in [0.3, 0.4) is 0 Å². The Bertz CT molecular complexity index is 1690. The number of non-ortho nitro benzene ring substituents is 1. The highest BCUT2D eigenvalue weighted by atomic mass is 16.6. The van der Waals surface area contributed by atoms with E-state index in [0.29, 0.717) is 16.9 Å². The van der Waals surface area contributed by atoms with Gasteiger partial charge < -0.3 is 9.97 Å². The van der Waals surface area contributed by atoms with E-state index in [1.54, 1.807) is 6.07 Å². The van der Waals surface area contributed by atoms with Crippen molar-refractivity contribution in [3.05, 3.63) is 76.1 Å². The molecule has 0 atom stereocenters. The Morgan fingerprint density at radius 2 is 1.77 bits per heavy atom. The highest BCUT2D eigenvalue weighted by Crippen LogP contribution is 2.37. The molecule has 31 heavy (non-hydrogen) atoms. The van der Waals surface area contributed by atoms with Crippen LogP contribution in [-0.4, -0.2) is 24.9 Å². The molecule has 0 saturated carbocycles. The van der Waals surface area contributed by atoms with Crippen molar-refractivity contribution in [3.8, 4) is 11.4 Å². The van der Waals surface area contributed by atoms with Crippen LogP contribution in [-0.2, 0) is 0 Å². The molecule has 7 heteroatoms. The highest BCUT2D eigenvalue weighted by Gasteiger charge is 2.16. The number of nitrogens with zero attached hydrogens (tertiary/aromatic N) is 3. The second kappa shape index (κ2) is 6.12. The number of nitrogens with one attached hydrogen (secondary N) is 2. The number of aryl methyl sites for hydroxylation is 2. The van der Waals surface area contributed by atoms with E-state index in [2.05, 4.69) is 52.0 Å². The van der Waals surface area contributed by atoms with Gasteiger partial charge in [0.2, 0.25) is 0 Å². The van der Waals surface area contributed by atoms with Crippen LogP contribution in [0, 0.1) is 24.0 Å². The quantitative estimate of drug-likeness (QED) is 0.274. The third kappa shape index (κ3) is 2.46. The number of benzene rings is 3. The smallest absolute Gasteiger partial charge is 0.271 e. The van der Waals surface area contributed by atoms with Gasteiger partial charge in [0.25, 0.3) is 5.69 Å². The van der Waals surface area contributed by atoms with Crippen LogP contribution in [0.2, 0.25) is 0 Å². The maximum absolute atomic E-state index is 11.1. The van der Waals surface area contributed by atoms with Crippen LogP contribution in [0.15, 0.2) is 54.9 Å². The van der Waals surface area contributed by atoms with Crippen molar-refractivity contribution in [2.45, 2.75) is 13.8 Å². The summed E-state index contributed by atoms with van der Waals surface area (Å²) in [6, 6.07) is 12.9. The molecule has 3 aromatic carbocycles. The summed E-state index contributed by atoms with van der Waals surface area (Å²) in [6.07, 6.45) is 3.75. The average molecular weight is 407 g/mol. The number of aromatic nitrogens is 4. The van der Waals surface area contributed by atoms with Gasteiger partial charge >= 0.3 is 0 Å². The van der Waals surface area contributed by atoms with E-state index in [1.165, 1.54) is 34.0 Å². The van der Waals surface area contributed by atoms with Gasteiger partial charge in [0.05, 0.1) is 21.5 Å². The maximum Gasteiger partial charge on any atom is 0.271 e. The molecule has 7 nitrogen and oxygen atoms in total. The van der Waals surface area contributed by atoms with Crippen LogP contribution >= 0.6 is 0 Å². The van der Waals surface area contributed by atoms with Gasteiger partial charge in [-0.2, -0.15) is 0 Å². The van der Waals surface area contributed by atoms with E-state index in [-0.39, 0.29) is 5.69 Å². The molecular formula is C24H17N5O2.